The third-order valence-electron chi connectivity index (χ3n) is 2.92. The second-order valence-electron chi connectivity index (χ2n) is 4.29. The summed E-state index contributed by atoms with van der Waals surface area (Å²) < 4.78 is 0.797. The van der Waals surface area contributed by atoms with Gasteiger partial charge in [-0.1, -0.05) is 0 Å². The van der Waals surface area contributed by atoms with E-state index in [-0.39, 0.29) is 11.4 Å². The molecule has 0 bridgehead atoms. The van der Waals surface area contributed by atoms with Crippen LogP contribution in [0.1, 0.15) is 29.6 Å². The van der Waals surface area contributed by atoms with E-state index in [0.29, 0.717) is 12.1 Å². The van der Waals surface area contributed by atoms with Crippen molar-refractivity contribution in [3.63, 3.8) is 0 Å². The number of nitrogens with one attached hydrogen (secondary N) is 1. The number of carbonyl (C=O) groups is 1. The lowest BCUT2D eigenvalue weighted by Gasteiger charge is -2.38. The summed E-state index contributed by atoms with van der Waals surface area (Å²) in [5.74, 6) is -0.120. The Labute approximate surface area is 103 Å². The van der Waals surface area contributed by atoms with Crippen LogP contribution in [0.2, 0.25) is 0 Å². The number of amides is 1. The van der Waals surface area contributed by atoms with E-state index in [9.17, 15) is 4.79 Å². The van der Waals surface area contributed by atoms with E-state index in [1.165, 1.54) is 0 Å². The zero-order chi connectivity index (χ0) is 11.6. The molecule has 5 heteroatoms. The predicted octanol–water partition coefficient (Wildman–Crippen LogP) is 1.46. The average molecular weight is 284 g/mol. The molecule has 0 atom stereocenters. The lowest BCUT2D eigenvalue weighted by Crippen LogP contribution is -2.54. The highest BCUT2D eigenvalue weighted by Crippen LogP contribution is 2.28. The highest BCUT2D eigenvalue weighted by molar-refractivity contribution is 9.10. The van der Waals surface area contributed by atoms with Crippen molar-refractivity contribution in [3.05, 3.63) is 28.5 Å². The van der Waals surface area contributed by atoms with Gasteiger partial charge in [0, 0.05) is 29.0 Å². The van der Waals surface area contributed by atoms with Gasteiger partial charge in [0.25, 0.3) is 5.91 Å². The number of hydrogen-bond acceptors (Lipinski definition) is 3. The molecular formula is C11H14BrN3O. The van der Waals surface area contributed by atoms with Crippen molar-refractivity contribution in [2.45, 2.75) is 24.8 Å². The van der Waals surface area contributed by atoms with E-state index in [0.717, 1.165) is 23.7 Å². The Bertz CT molecular complexity index is 404. The van der Waals surface area contributed by atoms with Gasteiger partial charge < -0.3 is 11.1 Å². The van der Waals surface area contributed by atoms with Gasteiger partial charge in [0.2, 0.25) is 0 Å². The van der Waals surface area contributed by atoms with Crippen LogP contribution in [0.4, 0.5) is 0 Å². The minimum Gasteiger partial charge on any atom is -0.350 e. The summed E-state index contributed by atoms with van der Waals surface area (Å²) >= 11 is 3.28. The molecule has 1 saturated carbocycles. The molecule has 0 aromatic carbocycles. The van der Waals surface area contributed by atoms with E-state index in [2.05, 4.69) is 26.2 Å². The van der Waals surface area contributed by atoms with Gasteiger partial charge in [0.15, 0.2) is 0 Å². The van der Waals surface area contributed by atoms with Gasteiger partial charge in [-0.15, -0.1) is 0 Å². The smallest absolute Gasteiger partial charge is 0.252 e. The molecule has 1 aliphatic rings. The van der Waals surface area contributed by atoms with Crippen LogP contribution in [0.25, 0.3) is 0 Å². The third-order valence-corrected chi connectivity index (χ3v) is 3.35. The lowest BCUT2D eigenvalue weighted by molar-refractivity contribution is 0.0929. The van der Waals surface area contributed by atoms with E-state index in [1.807, 2.05) is 0 Å². The molecule has 0 unspecified atom stereocenters. The number of nitrogens with two attached hydrogens (primary N) is 1. The monoisotopic (exact) mass is 283 g/mol. The molecule has 0 saturated heterocycles. The number of carbonyl (C=O) groups excluding carboxylic acids is 1. The van der Waals surface area contributed by atoms with Gasteiger partial charge in [-0.2, -0.15) is 0 Å². The summed E-state index contributed by atoms with van der Waals surface area (Å²) in [5, 5.41) is 2.84. The highest BCUT2D eigenvalue weighted by Gasteiger charge is 2.32. The van der Waals surface area contributed by atoms with Crippen LogP contribution in [0, 0.1) is 0 Å². The normalized spacial score (nSPS) is 17.6. The van der Waals surface area contributed by atoms with Gasteiger partial charge in [0.1, 0.15) is 0 Å². The van der Waals surface area contributed by atoms with Gasteiger partial charge >= 0.3 is 0 Å². The second kappa shape index (κ2) is 4.51. The Kier molecular flexibility index (Phi) is 3.25. The van der Waals surface area contributed by atoms with Crippen LogP contribution in [0.5, 0.6) is 0 Å². The number of halogens is 1. The van der Waals surface area contributed by atoms with E-state index in [4.69, 9.17) is 5.73 Å². The summed E-state index contributed by atoms with van der Waals surface area (Å²) in [6.07, 6.45) is 6.33. The standard InChI is InChI=1S/C11H14BrN3O/c12-9-4-8(5-14-6-9)10(16)15-7-11(13)2-1-3-11/h4-6H,1-3,7,13H2,(H,15,16). The van der Waals surface area contributed by atoms with Crippen molar-refractivity contribution < 1.29 is 4.79 Å². The van der Waals surface area contributed by atoms with Gasteiger partial charge in [-0.3, -0.25) is 9.78 Å². The predicted molar refractivity (Wildman–Crippen MR) is 65.0 cm³/mol. The molecule has 1 heterocycles. The van der Waals surface area contributed by atoms with Crippen LogP contribution in [-0.2, 0) is 0 Å². The SMILES string of the molecule is NC1(CNC(=O)c2cncc(Br)c2)CCC1. The second-order valence-corrected chi connectivity index (χ2v) is 5.21. The van der Waals surface area contributed by atoms with Crippen LogP contribution < -0.4 is 11.1 Å². The largest absolute Gasteiger partial charge is 0.350 e. The first-order valence-electron chi connectivity index (χ1n) is 5.27. The molecule has 86 valence electrons. The molecule has 1 amide bonds. The van der Waals surface area contributed by atoms with Crippen molar-refractivity contribution in [1.82, 2.24) is 10.3 Å². The van der Waals surface area contributed by atoms with Gasteiger partial charge in [-0.05, 0) is 41.3 Å². The number of pyridine rings is 1. The Hall–Kier alpha value is -0.940. The van der Waals surface area contributed by atoms with E-state index < -0.39 is 0 Å². The van der Waals surface area contributed by atoms with Crippen molar-refractivity contribution >= 4 is 21.8 Å². The fourth-order valence-corrected chi connectivity index (χ4v) is 2.07. The summed E-state index contributed by atoms with van der Waals surface area (Å²) in [7, 11) is 0. The van der Waals surface area contributed by atoms with Crippen LogP contribution in [0.15, 0.2) is 22.9 Å². The van der Waals surface area contributed by atoms with Crippen molar-refractivity contribution in [3.8, 4) is 0 Å². The van der Waals surface area contributed by atoms with Crippen molar-refractivity contribution in [2.24, 2.45) is 5.73 Å². The van der Waals surface area contributed by atoms with Crippen LogP contribution in [0.3, 0.4) is 0 Å². The first-order chi connectivity index (χ1) is 7.59. The quantitative estimate of drug-likeness (QED) is 0.883. The van der Waals surface area contributed by atoms with Gasteiger partial charge in [-0.25, -0.2) is 0 Å². The maximum Gasteiger partial charge on any atom is 0.252 e. The molecule has 16 heavy (non-hydrogen) atoms. The molecule has 1 aliphatic carbocycles. The van der Waals surface area contributed by atoms with Crippen LogP contribution in [-0.4, -0.2) is 23.0 Å². The Morgan fingerprint density at radius 3 is 2.88 bits per heavy atom. The Balaban J connectivity index is 1.93. The minimum absolute atomic E-state index is 0.120. The Morgan fingerprint density at radius 2 is 2.31 bits per heavy atom. The first kappa shape index (κ1) is 11.5. The number of nitrogens with zero attached hydrogens (tertiary/aromatic N) is 1. The number of aromatic nitrogens is 1. The highest BCUT2D eigenvalue weighted by atomic mass is 79.9. The van der Waals surface area contributed by atoms with Crippen molar-refractivity contribution in [2.75, 3.05) is 6.54 Å². The Morgan fingerprint density at radius 1 is 1.56 bits per heavy atom. The fourth-order valence-electron chi connectivity index (χ4n) is 1.70. The zero-order valence-corrected chi connectivity index (χ0v) is 10.5. The maximum atomic E-state index is 11.8. The van der Waals surface area contributed by atoms with E-state index >= 15 is 0 Å². The molecule has 3 N–H and O–H groups in total. The zero-order valence-electron chi connectivity index (χ0n) is 8.87. The molecule has 0 spiro atoms. The van der Waals surface area contributed by atoms with Crippen molar-refractivity contribution in [1.29, 1.82) is 0 Å². The maximum absolute atomic E-state index is 11.8. The minimum atomic E-state index is -0.185. The first-order valence-corrected chi connectivity index (χ1v) is 6.06. The molecule has 4 nitrogen and oxygen atoms in total. The molecule has 2 rings (SSSR count). The lowest BCUT2D eigenvalue weighted by atomic mass is 9.78. The molecule has 1 aromatic rings. The molecule has 1 fully saturated rings. The van der Waals surface area contributed by atoms with E-state index in [1.54, 1.807) is 18.5 Å². The summed E-state index contributed by atoms with van der Waals surface area (Å²) in [5.41, 5.74) is 6.39. The fraction of sp³-hybridized carbons (Fsp3) is 0.455. The summed E-state index contributed by atoms with van der Waals surface area (Å²) in [4.78, 5) is 15.7. The molecule has 0 radical (unpaired) electrons. The number of rotatable bonds is 3. The summed E-state index contributed by atoms with van der Waals surface area (Å²) in [6.45, 7) is 0.540. The molecule has 0 aliphatic heterocycles. The third kappa shape index (κ3) is 2.59. The number of hydrogen-bond donors (Lipinski definition) is 2. The summed E-state index contributed by atoms with van der Waals surface area (Å²) in [6, 6.07) is 1.74. The topological polar surface area (TPSA) is 68.0 Å². The molecular weight excluding hydrogens is 270 g/mol. The average Bonchev–Trinajstić information content (AvgIpc) is 2.23. The molecule has 1 aromatic heterocycles. The van der Waals surface area contributed by atoms with Gasteiger partial charge in [0.05, 0.1) is 5.56 Å². The van der Waals surface area contributed by atoms with Crippen LogP contribution >= 0.6 is 15.9 Å².